The van der Waals surface area contributed by atoms with E-state index >= 15 is 0 Å². The third-order valence-electron chi connectivity index (χ3n) is 3.15. The van der Waals surface area contributed by atoms with Gasteiger partial charge in [0, 0.05) is 13.7 Å². The van der Waals surface area contributed by atoms with Crippen molar-refractivity contribution in [1.29, 1.82) is 0 Å². The van der Waals surface area contributed by atoms with Gasteiger partial charge in [-0.3, -0.25) is 0 Å². The van der Waals surface area contributed by atoms with Crippen molar-refractivity contribution < 1.29 is 34.7 Å². The highest BCUT2D eigenvalue weighted by atomic mass is 16.7. The molecule has 0 unspecified atom stereocenters. The number of hydrogen-bond acceptors (Lipinski definition) is 9. The van der Waals surface area contributed by atoms with Crippen molar-refractivity contribution in [1.82, 2.24) is 10.3 Å². The first-order chi connectivity index (χ1) is 9.85. The predicted molar refractivity (Wildman–Crippen MR) is 66.4 cm³/mol. The SMILES string of the molecule is CCN(N=O)C(=O)N[C@@]1(O)[C@H](OC)O[C@H](CO)[C@@H](O)[C@@H]1O. The molecule has 5 atom stereocenters. The second kappa shape index (κ2) is 7.06. The van der Waals surface area contributed by atoms with Crippen LogP contribution in [-0.4, -0.2) is 82.1 Å². The van der Waals surface area contributed by atoms with Gasteiger partial charge in [-0.1, -0.05) is 0 Å². The van der Waals surface area contributed by atoms with Crippen LogP contribution in [-0.2, 0) is 9.47 Å². The van der Waals surface area contributed by atoms with Gasteiger partial charge in [-0.2, -0.15) is 5.01 Å². The van der Waals surface area contributed by atoms with Gasteiger partial charge < -0.3 is 35.2 Å². The molecule has 1 saturated heterocycles. The van der Waals surface area contributed by atoms with E-state index in [2.05, 4.69) is 5.29 Å². The van der Waals surface area contributed by atoms with Crippen molar-refractivity contribution in [2.75, 3.05) is 20.3 Å². The molecular weight excluding hydrogens is 290 g/mol. The van der Waals surface area contributed by atoms with E-state index in [9.17, 15) is 25.0 Å². The molecule has 0 aromatic heterocycles. The standard InChI is InChI=1S/C10H19N3O8/c1-3-13(12-19)9(17)11-10(18)7(16)6(15)5(4-14)21-8(10)20-2/h5-8,14-16,18H,3-4H2,1-2H3,(H,11,17)/t5-,6-,7+,8-,10+/m1/s1. The van der Waals surface area contributed by atoms with Crippen LogP contribution in [0.15, 0.2) is 5.29 Å². The van der Waals surface area contributed by atoms with Crippen LogP contribution < -0.4 is 5.32 Å². The van der Waals surface area contributed by atoms with Crippen LogP contribution in [0.2, 0.25) is 0 Å². The van der Waals surface area contributed by atoms with Crippen LogP contribution in [0.1, 0.15) is 6.92 Å². The van der Waals surface area contributed by atoms with Gasteiger partial charge in [0.15, 0.2) is 0 Å². The predicted octanol–water partition coefficient (Wildman–Crippen LogP) is -2.53. The molecule has 1 heterocycles. The first kappa shape index (κ1) is 17.7. The molecule has 1 aliphatic heterocycles. The number of nitroso groups, excluding NO2 is 1. The lowest BCUT2D eigenvalue weighted by Crippen LogP contribution is -2.74. The van der Waals surface area contributed by atoms with Gasteiger partial charge in [0.1, 0.15) is 18.3 Å². The van der Waals surface area contributed by atoms with E-state index in [4.69, 9.17) is 14.6 Å². The number of hydrogen-bond donors (Lipinski definition) is 5. The Hall–Kier alpha value is -1.37. The zero-order valence-electron chi connectivity index (χ0n) is 11.5. The van der Waals surface area contributed by atoms with E-state index in [-0.39, 0.29) is 6.54 Å². The second-order valence-electron chi connectivity index (χ2n) is 4.41. The molecule has 11 heteroatoms. The van der Waals surface area contributed by atoms with Crippen molar-refractivity contribution >= 4 is 6.03 Å². The molecular formula is C10H19N3O8. The van der Waals surface area contributed by atoms with E-state index in [0.717, 1.165) is 7.11 Å². The number of rotatable bonds is 5. The zero-order valence-corrected chi connectivity index (χ0v) is 11.5. The third kappa shape index (κ3) is 3.28. The van der Waals surface area contributed by atoms with Crippen LogP contribution in [0.3, 0.4) is 0 Å². The maximum atomic E-state index is 11.8. The van der Waals surface area contributed by atoms with Crippen molar-refractivity contribution in [2.45, 2.75) is 37.3 Å². The Morgan fingerprint density at radius 1 is 1.52 bits per heavy atom. The van der Waals surface area contributed by atoms with Crippen LogP contribution >= 0.6 is 0 Å². The van der Waals surface area contributed by atoms with E-state index in [0.29, 0.717) is 5.01 Å². The van der Waals surface area contributed by atoms with Gasteiger partial charge in [0.25, 0.3) is 0 Å². The normalized spacial score (nSPS) is 36.1. The number of nitrogens with one attached hydrogen (secondary N) is 1. The number of methoxy groups -OCH3 is 1. The molecule has 0 bridgehead atoms. The van der Waals surface area contributed by atoms with Crippen LogP contribution in [0, 0.1) is 4.91 Å². The summed E-state index contributed by atoms with van der Waals surface area (Å²) in [6, 6.07) is -1.12. The second-order valence-corrected chi connectivity index (χ2v) is 4.41. The molecule has 21 heavy (non-hydrogen) atoms. The lowest BCUT2D eigenvalue weighted by atomic mass is 9.93. The summed E-state index contributed by atoms with van der Waals surface area (Å²) < 4.78 is 9.87. The van der Waals surface area contributed by atoms with E-state index in [1.54, 1.807) is 0 Å². The number of ether oxygens (including phenoxy) is 2. The molecule has 122 valence electrons. The molecule has 5 N–H and O–H groups in total. The quantitative estimate of drug-likeness (QED) is 0.211. The molecule has 0 aliphatic carbocycles. The molecule has 0 radical (unpaired) electrons. The zero-order chi connectivity index (χ0) is 16.2. The molecule has 11 nitrogen and oxygen atoms in total. The van der Waals surface area contributed by atoms with Crippen LogP contribution in [0.25, 0.3) is 0 Å². The number of urea groups is 1. The lowest BCUT2D eigenvalue weighted by molar-refractivity contribution is -0.341. The first-order valence-corrected chi connectivity index (χ1v) is 6.16. The largest absolute Gasteiger partial charge is 0.394 e. The molecule has 0 aromatic carbocycles. The fraction of sp³-hybridized carbons (Fsp3) is 0.900. The molecule has 1 rings (SSSR count). The summed E-state index contributed by atoms with van der Waals surface area (Å²) in [5.41, 5.74) is -2.53. The molecule has 0 saturated carbocycles. The van der Waals surface area contributed by atoms with Crippen LogP contribution in [0.5, 0.6) is 0 Å². The Balaban J connectivity index is 2.99. The van der Waals surface area contributed by atoms with Gasteiger partial charge in [-0.15, -0.1) is 4.91 Å². The summed E-state index contributed by atoms with van der Waals surface area (Å²) in [4.78, 5) is 22.2. The smallest absolute Gasteiger partial charge is 0.342 e. The van der Waals surface area contributed by atoms with Crippen molar-refractivity contribution in [3.05, 3.63) is 4.91 Å². The Morgan fingerprint density at radius 2 is 2.14 bits per heavy atom. The summed E-state index contributed by atoms with van der Waals surface area (Å²) in [5.74, 6) is 0. The summed E-state index contributed by atoms with van der Waals surface area (Å²) in [7, 11) is 1.12. The minimum Gasteiger partial charge on any atom is -0.394 e. The van der Waals surface area contributed by atoms with Crippen LogP contribution in [0.4, 0.5) is 4.79 Å². The number of carbonyl (C=O) groups is 1. The van der Waals surface area contributed by atoms with Gasteiger partial charge in [0.2, 0.25) is 12.0 Å². The number of aliphatic hydroxyl groups excluding tert-OH is 3. The number of carbonyl (C=O) groups excluding carboxylic acids is 1. The molecule has 0 spiro atoms. The first-order valence-electron chi connectivity index (χ1n) is 6.16. The fourth-order valence-corrected chi connectivity index (χ4v) is 1.94. The average Bonchev–Trinajstić information content (AvgIpc) is 2.46. The molecule has 2 amide bonds. The Labute approximate surface area is 120 Å². The van der Waals surface area contributed by atoms with E-state index < -0.39 is 43.0 Å². The summed E-state index contributed by atoms with van der Waals surface area (Å²) in [6.07, 6.45) is -6.41. The van der Waals surface area contributed by atoms with E-state index in [1.165, 1.54) is 6.92 Å². The summed E-state index contributed by atoms with van der Waals surface area (Å²) in [6.45, 7) is 0.740. The summed E-state index contributed by atoms with van der Waals surface area (Å²) in [5, 5.41) is 43.9. The topological polar surface area (TPSA) is 161 Å². The molecule has 1 aliphatic rings. The number of aliphatic hydroxyl groups is 4. The van der Waals surface area contributed by atoms with Gasteiger partial charge >= 0.3 is 6.03 Å². The number of nitrogens with zero attached hydrogens (tertiary/aromatic N) is 2. The Kier molecular flexibility index (Phi) is 5.95. The summed E-state index contributed by atoms with van der Waals surface area (Å²) >= 11 is 0. The van der Waals surface area contributed by atoms with Crippen molar-refractivity contribution in [3.63, 3.8) is 0 Å². The highest BCUT2D eigenvalue weighted by molar-refractivity contribution is 5.74. The molecule has 0 aromatic rings. The fourth-order valence-electron chi connectivity index (χ4n) is 1.94. The Bertz CT molecular complexity index is 379. The average molecular weight is 309 g/mol. The lowest BCUT2D eigenvalue weighted by Gasteiger charge is -2.47. The van der Waals surface area contributed by atoms with Crippen molar-refractivity contribution in [3.8, 4) is 0 Å². The monoisotopic (exact) mass is 309 g/mol. The van der Waals surface area contributed by atoms with Gasteiger partial charge in [-0.25, -0.2) is 4.79 Å². The molecule has 1 fully saturated rings. The van der Waals surface area contributed by atoms with Crippen molar-refractivity contribution in [2.24, 2.45) is 5.29 Å². The maximum Gasteiger partial charge on any atom is 0.342 e. The minimum atomic E-state index is -2.53. The highest BCUT2D eigenvalue weighted by Crippen LogP contribution is 2.28. The van der Waals surface area contributed by atoms with E-state index in [1.807, 2.05) is 5.32 Å². The van der Waals surface area contributed by atoms with Gasteiger partial charge in [0.05, 0.1) is 11.9 Å². The maximum absolute atomic E-state index is 11.8. The third-order valence-corrected chi connectivity index (χ3v) is 3.15. The highest BCUT2D eigenvalue weighted by Gasteiger charge is 2.56. The Morgan fingerprint density at radius 3 is 2.57 bits per heavy atom. The number of amides is 2. The van der Waals surface area contributed by atoms with Gasteiger partial charge in [-0.05, 0) is 6.92 Å². The minimum absolute atomic E-state index is 0.0815.